The molecule has 1 N–H and O–H groups in total. The molecule has 0 aliphatic rings. The second-order valence-corrected chi connectivity index (χ2v) is 6.76. The Morgan fingerprint density at radius 1 is 1.00 bits per heavy atom. The second kappa shape index (κ2) is 8.02. The van der Waals surface area contributed by atoms with Crippen molar-refractivity contribution in [2.75, 3.05) is 0 Å². The van der Waals surface area contributed by atoms with Gasteiger partial charge in [0.1, 0.15) is 5.82 Å². The molecule has 4 rings (SSSR count). The third kappa shape index (κ3) is 4.19. The van der Waals surface area contributed by atoms with E-state index in [2.05, 4.69) is 49.9 Å². The van der Waals surface area contributed by atoms with Crippen LogP contribution in [-0.4, -0.2) is 29.7 Å². The van der Waals surface area contributed by atoms with Crippen molar-refractivity contribution in [3.8, 4) is 22.5 Å². The van der Waals surface area contributed by atoms with Gasteiger partial charge in [-0.3, -0.25) is 19.9 Å². The molecule has 0 unspecified atom stereocenters. The minimum Gasteiger partial charge on any atom is -0.366 e. The van der Waals surface area contributed by atoms with Crippen LogP contribution < -0.4 is 5.32 Å². The normalized spacial score (nSPS) is 10.7. The average molecular weight is 383 g/mol. The summed E-state index contributed by atoms with van der Waals surface area (Å²) in [5.41, 5.74) is 6.87. The van der Waals surface area contributed by atoms with E-state index in [9.17, 15) is 0 Å². The summed E-state index contributed by atoms with van der Waals surface area (Å²) in [7, 11) is 0. The van der Waals surface area contributed by atoms with Gasteiger partial charge >= 0.3 is 0 Å². The average Bonchev–Trinajstić information content (AvgIpc) is 3.23. The topological polar surface area (TPSA) is 81.4 Å². The molecular formula is C22H21N7. The van der Waals surface area contributed by atoms with Crippen LogP contribution >= 0.6 is 0 Å². The Bertz CT molecular complexity index is 1150. The van der Waals surface area contributed by atoms with Gasteiger partial charge in [0.05, 0.1) is 23.8 Å². The Morgan fingerprint density at radius 3 is 2.66 bits per heavy atom. The van der Waals surface area contributed by atoms with Crippen molar-refractivity contribution in [2.45, 2.75) is 20.4 Å². The molecule has 0 saturated carbocycles. The summed E-state index contributed by atoms with van der Waals surface area (Å²) in [6, 6.07) is 6.16. The number of nitrogens with zero attached hydrogens (tertiary/aromatic N) is 6. The molecule has 144 valence electrons. The maximum Gasteiger partial charge on any atom is 0.120 e. The Hall–Kier alpha value is -3.87. The summed E-state index contributed by atoms with van der Waals surface area (Å²) >= 11 is 0. The van der Waals surface area contributed by atoms with Gasteiger partial charge in [0.2, 0.25) is 0 Å². The van der Waals surface area contributed by atoms with Crippen LogP contribution in [-0.2, 0) is 6.54 Å². The van der Waals surface area contributed by atoms with Gasteiger partial charge in [0.15, 0.2) is 0 Å². The zero-order chi connectivity index (χ0) is 20.2. The molecular weight excluding hydrogens is 362 g/mol. The van der Waals surface area contributed by atoms with E-state index < -0.39 is 0 Å². The van der Waals surface area contributed by atoms with Crippen LogP contribution in [0.3, 0.4) is 0 Å². The molecule has 7 nitrogen and oxygen atoms in total. The first-order chi connectivity index (χ1) is 14.1. The lowest BCUT2D eigenvalue weighted by Crippen LogP contribution is -2.16. The maximum absolute atomic E-state index is 4.65. The molecule has 0 fully saturated rings. The predicted octanol–water partition coefficient (Wildman–Crippen LogP) is 3.63. The number of hydrogen-bond donors (Lipinski definition) is 1. The zero-order valence-corrected chi connectivity index (χ0v) is 16.4. The van der Waals surface area contributed by atoms with E-state index in [0.29, 0.717) is 12.4 Å². The second-order valence-electron chi connectivity index (χ2n) is 6.76. The summed E-state index contributed by atoms with van der Waals surface area (Å²) in [6.07, 6.45) is 12.3. The van der Waals surface area contributed by atoms with Crippen molar-refractivity contribution >= 4 is 5.82 Å². The van der Waals surface area contributed by atoms with Crippen LogP contribution in [0, 0.1) is 13.8 Å². The summed E-state index contributed by atoms with van der Waals surface area (Å²) < 4.78 is 1.69. The largest absolute Gasteiger partial charge is 0.366 e. The first-order valence-electron chi connectivity index (χ1n) is 9.23. The van der Waals surface area contributed by atoms with Gasteiger partial charge in [-0.1, -0.05) is 12.6 Å². The molecule has 4 heterocycles. The zero-order valence-electron chi connectivity index (χ0n) is 16.4. The fourth-order valence-electron chi connectivity index (χ4n) is 3.06. The molecule has 0 aromatic carbocycles. The van der Waals surface area contributed by atoms with Gasteiger partial charge in [-0.25, -0.2) is 4.68 Å². The number of aryl methyl sites for hydroxylation is 2. The molecule has 4 aromatic rings. The highest BCUT2D eigenvalue weighted by Crippen LogP contribution is 2.22. The number of hydrogen-bond acceptors (Lipinski definition) is 6. The Balaban J connectivity index is 1.43. The minimum absolute atomic E-state index is 0.600. The van der Waals surface area contributed by atoms with Gasteiger partial charge in [0, 0.05) is 54.3 Å². The summed E-state index contributed by atoms with van der Waals surface area (Å²) in [5.74, 6) is 0.673. The van der Waals surface area contributed by atoms with Crippen molar-refractivity contribution in [3.63, 3.8) is 0 Å². The van der Waals surface area contributed by atoms with Gasteiger partial charge in [-0.15, -0.1) is 0 Å². The summed E-state index contributed by atoms with van der Waals surface area (Å²) in [6.45, 7) is 8.72. The molecule has 29 heavy (non-hydrogen) atoms. The molecule has 4 aromatic heterocycles. The number of nitrogens with one attached hydrogen (secondary N) is 1. The lowest BCUT2D eigenvalue weighted by atomic mass is 10.1. The molecule has 0 aliphatic heterocycles. The standard InChI is InChI=1S/C22H21N7/c1-15-8-18(11-27-22(15)19-4-5-24-16(2)9-19)10-26-17(3)29-14-20(12-28-29)21-13-23-6-7-25-21/h4-9,11-14,26H,3,10H2,1-2H3. The van der Waals surface area contributed by atoms with Crippen molar-refractivity contribution in [1.82, 2.24) is 35.0 Å². The van der Waals surface area contributed by atoms with Crippen molar-refractivity contribution in [2.24, 2.45) is 0 Å². The number of pyridine rings is 2. The molecule has 0 amide bonds. The van der Waals surface area contributed by atoms with Gasteiger partial charge in [-0.05, 0) is 37.1 Å². The van der Waals surface area contributed by atoms with E-state index in [1.165, 1.54) is 0 Å². The molecule has 0 atom stereocenters. The van der Waals surface area contributed by atoms with E-state index in [4.69, 9.17) is 0 Å². The van der Waals surface area contributed by atoms with E-state index in [-0.39, 0.29) is 0 Å². The summed E-state index contributed by atoms with van der Waals surface area (Å²) in [4.78, 5) is 17.3. The Morgan fingerprint density at radius 2 is 1.90 bits per heavy atom. The van der Waals surface area contributed by atoms with E-state index in [1.54, 1.807) is 29.5 Å². The molecule has 0 spiro atoms. The van der Waals surface area contributed by atoms with Crippen LogP contribution in [0.4, 0.5) is 0 Å². The quantitative estimate of drug-likeness (QED) is 0.548. The molecule has 0 radical (unpaired) electrons. The monoisotopic (exact) mass is 383 g/mol. The third-order valence-corrected chi connectivity index (χ3v) is 4.52. The van der Waals surface area contributed by atoms with Crippen LogP contribution in [0.25, 0.3) is 28.3 Å². The fraction of sp³-hybridized carbons (Fsp3) is 0.136. The van der Waals surface area contributed by atoms with E-state index in [1.807, 2.05) is 37.6 Å². The molecule has 0 saturated heterocycles. The highest BCUT2D eigenvalue weighted by Gasteiger charge is 2.08. The highest BCUT2D eigenvalue weighted by atomic mass is 15.3. The predicted molar refractivity (Wildman–Crippen MR) is 112 cm³/mol. The SMILES string of the molecule is C=C(NCc1cnc(-c2ccnc(C)c2)c(C)c1)n1cc(-c2cnccn2)cn1. The lowest BCUT2D eigenvalue weighted by molar-refractivity contribution is 0.772. The van der Waals surface area contributed by atoms with Crippen LogP contribution in [0.1, 0.15) is 16.8 Å². The smallest absolute Gasteiger partial charge is 0.120 e. The van der Waals surface area contributed by atoms with Gasteiger partial charge in [-0.2, -0.15) is 5.10 Å². The van der Waals surface area contributed by atoms with Crippen molar-refractivity contribution in [1.29, 1.82) is 0 Å². The van der Waals surface area contributed by atoms with Gasteiger partial charge < -0.3 is 5.32 Å². The molecule has 7 heteroatoms. The molecule has 0 aliphatic carbocycles. The Kier molecular flexibility index (Phi) is 5.11. The minimum atomic E-state index is 0.600. The number of aromatic nitrogens is 6. The van der Waals surface area contributed by atoms with Crippen LogP contribution in [0.15, 0.2) is 68.2 Å². The van der Waals surface area contributed by atoms with Crippen LogP contribution in [0.2, 0.25) is 0 Å². The summed E-state index contributed by atoms with van der Waals surface area (Å²) in [5, 5.41) is 7.65. The van der Waals surface area contributed by atoms with Crippen molar-refractivity contribution < 1.29 is 0 Å². The van der Waals surface area contributed by atoms with Crippen LogP contribution in [0.5, 0.6) is 0 Å². The molecule has 0 bridgehead atoms. The van der Waals surface area contributed by atoms with E-state index in [0.717, 1.165) is 39.3 Å². The first-order valence-corrected chi connectivity index (χ1v) is 9.23. The fourth-order valence-corrected chi connectivity index (χ4v) is 3.06. The maximum atomic E-state index is 4.65. The van der Waals surface area contributed by atoms with Crippen molar-refractivity contribution in [3.05, 3.63) is 85.0 Å². The first kappa shape index (κ1) is 18.5. The Labute approximate surface area is 169 Å². The third-order valence-electron chi connectivity index (χ3n) is 4.52. The highest BCUT2D eigenvalue weighted by molar-refractivity contribution is 5.63. The van der Waals surface area contributed by atoms with E-state index >= 15 is 0 Å². The number of rotatable bonds is 6. The lowest BCUT2D eigenvalue weighted by Gasteiger charge is -2.11. The van der Waals surface area contributed by atoms with Gasteiger partial charge in [0.25, 0.3) is 0 Å².